The minimum atomic E-state index is 0. The summed E-state index contributed by atoms with van der Waals surface area (Å²) in [6.07, 6.45) is 0. The highest BCUT2D eigenvalue weighted by molar-refractivity contribution is 14.0. The van der Waals surface area contributed by atoms with Crippen molar-refractivity contribution in [2.45, 2.75) is 54.6 Å². The molecule has 0 aliphatic heterocycles. The highest BCUT2D eigenvalue weighted by atomic mass is 127. The van der Waals surface area contributed by atoms with Crippen molar-refractivity contribution in [2.24, 2.45) is 10.9 Å². The average molecular weight is 490 g/mol. The van der Waals surface area contributed by atoms with Crippen molar-refractivity contribution < 1.29 is 0 Å². The Bertz CT molecular complexity index is 721. The van der Waals surface area contributed by atoms with Gasteiger partial charge in [-0.1, -0.05) is 6.92 Å². The average Bonchev–Trinajstić information content (AvgIpc) is 3.02. The van der Waals surface area contributed by atoms with Gasteiger partial charge in [0.2, 0.25) is 0 Å². The van der Waals surface area contributed by atoms with Gasteiger partial charge in [0.15, 0.2) is 5.96 Å². The van der Waals surface area contributed by atoms with Gasteiger partial charge in [0.25, 0.3) is 0 Å². The van der Waals surface area contributed by atoms with Crippen LogP contribution in [0.25, 0.3) is 0 Å². The Kier molecular flexibility index (Phi) is 9.56. The molecule has 26 heavy (non-hydrogen) atoms. The maximum absolute atomic E-state index is 4.70. The summed E-state index contributed by atoms with van der Waals surface area (Å²) in [6, 6.07) is 2.12. The molecule has 0 amide bonds. The first-order valence-corrected chi connectivity index (χ1v) is 9.66. The van der Waals surface area contributed by atoms with Crippen molar-refractivity contribution in [3.8, 4) is 0 Å². The summed E-state index contributed by atoms with van der Waals surface area (Å²) in [7, 11) is 0. The molecule has 2 N–H and O–H groups in total. The minimum absolute atomic E-state index is 0. The summed E-state index contributed by atoms with van der Waals surface area (Å²) in [5.74, 6) is 1.31. The second-order valence-corrected chi connectivity index (χ2v) is 7.82. The second-order valence-electron chi connectivity index (χ2n) is 6.53. The molecule has 2 rings (SSSR count). The summed E-state index contributed by atoms with van der Waals surface area (Å²) < 4.78 is 2.08. The molecule has 0 radical (unpaired) electrons. The fourth-order valence-corrected chi connectivity index (χ4v) is 3.56. The molecule has 0 fully saturated rings. The smallest absolute Gasteiger partial charge is 0.191 e. The van der Waals surface area contributed by atoms with Crippen molar-refractivity contribution in [1.29, 1.82) is 0 Å². The molecule has 0 aliphatic rings. The first-order valence-electron chi connectivity index (χ1n) is 8.85. The van der Waals surface area contributed by atoms with E-state index in [4.69, 9.17) is 4.99 Å². The van der Waals surface area contributed by atoms with Gasteiger partial charge in [-0.05, 0) is 46.6 Å². The number of thiazole rings is 1. The van der Waals surface area contributed by atoms with Crippen LogP contribution in [0.3, 0.4) is 0 Å². The van der Waals surface area contributed by atoms with Gasteiger partial charge < -0.3 is 10.6 Å². The number of rotatable bonds is 7. The summed E-state index contributed by atoms with van der Waals surface area (Å²) in [4.78, 5) is 10.4. The number of guanidine groups is 1. The zero-order chi connectivity index (χ0) is 18.4. The van der Waals surface area contributed by atoms with Gasteiger partial charge in [-0.3, -0.25) is 4.68 Å². The molecule has 2 heterocycles. The third-order valence-corrected chi connectivity index (χ3v) is 4.99. The van der Waals surface area contributed by atoms with Gasteiger partial charge in [-0.25, -0.2) is 9.98 Å². The van der Waals surface area contributed by atoms with Gasteiger partial charge in [-0.15, -0.1) is 35.3 Å². The van der Waals surface area contributed by atoms with Crippen LogP contribution in [0.4, 0.5) is 0 Å². The van der Waals surface area contributed by atoms with E-state index in [0.717, 1.165) is 42.0 Å². The molecule has 2 aromatic rings. The normalized spacial score (nSPS) is 12.6. The number of aryl methyl sites for hydroxylation is 4. The van der Waals surface area contributed by atoms with Crippen LogP contribution in [0.5, 0.6) is 0 Å². The van der Waals surface area contributed by atoms with Gasteiger partial charge in [-0.2, -0.15) is 5.10 Å². The van der Waals surface area contributed by atoms with Gasteiger partial charge >= 0.3 is 0 Å². The third-order valence-electron chi connectivity index (χ3n) is 3.93. The molecule has 2 aromatic heterocycles. The van der Waals surface area contributed by atoms with Crippen molar-refractivity contribution in [2.75, 3.05) is 13.1 Å². The quantitative estimate of drug-likeness (QED) is 0.354. The molecule has 0 bridgehead atoms. The van der Waals surface area contributed by atoms with Crippen LogP contribution in [-0.4, -0.2) is 33.8 Å². The lowest BCUT2D eigenvalue weighted by Gasteiger charge is -2.16. The van der Waals surface area contributed by atoms with E-state index in [9.17, 15) is 0 Å². The number of aromatic nitrogens is 3. The predicted molar refractivity (Wildman–Crippen MR) is 121 cm³/mol. The Morgan fingerprint density at radius 1 is 1.27 bits per heavy atom. The molecule has 0 spiro atoms. The molecule has 1 atom stereocenters. The Labute approximate surface area is 177 Å². The van der Waals surface area contributed by atoms with Crippen LogP contribution in [-0.2, 0) is 13.1 Å². The van der Waals surface area contributed by atoms with Crippen LogP contribution >= 0.6 is 35.3 Å². The summed E-state index contributed by atoms with van der Waals surface area (Å²) in [6.45, 7) is 15.8. The summed E-state index contributed by atoms with van der Waals surface area (Å²) in [5, 5.41) is 12.4. The van der Waals surface area contributed by atoms with Crippen molar-refractivity contribution in [3.05, 3.63) is 33.0 Å². The Hall–Kier alpha value is -1.16. The Balaban J connectivity index is 0.00000338. The lowest BCUT2D eigenvalue weighted by molar-refractivity contribution is 0.436. The van der Waals surface area contributed by atoms with E-state index in [1.807, 2.05) is 20.8 Å². The van der Waals surface area contributed by atoms with Gasteiger partial charge in [0.05, 0.1) is 22.9 Å². The van der Waals surface area contributed by atoms with Gasteiger partial charge in [0, 0.05) is 30.2 Å². The molecular weight excluding hydrogens is 459 g/mol. The Morgan fingerprint density at radius 2 is 2.00 bits per heavy atom. The number of hydrogen-bond donors (Lipinski definition) is 2. The summed E-state index contributed by atoms with van der Waals surface area (Å²) >= 11 is 1.72. The largest absolute Gasteiger partial charge is 0.357 e. The highest BCUT2D eigenvalue weighted by Crippen LogP contribution is 2.17. The maximum Gasteiger partial charge on any atom is 0.191 e. The van der Waals surface area contributed by atoms with Crippen molar-refractivity contribution in [1.82, 2.24) is 25.4 Å². The molecule has 0 saturated heterocycles. The number of nitrogens with one attached hydrogen (secondary N) is 2. The monoisotopic (exact) mass is 490 g/mol. The van der Waals surface area contributed by atoms with E-state index in [2.05, 4.69) is 52.2 Å². The first-order chi connectivity index (χ1) is 11.9. The standard InChI is InChI=1S/C18H30N6S.HI/c1-7-19-18(21-10-17-15(5)22-16(6)25-17)20-9-12(2)11-24-14(4)8-13(3)23-24;/h8,12H,7,9-11H2,1-6H3,(H2,19,20,21);1H. The van der Waals surface area contributed by atoms with Crippen LogP contribution in [0, 0.1) is 33.6 Å². The zero-order valence-corrected chi connectivity index (χ0v) is 19.7. The predicted octanol–water partition coefficient (Wildman–Crippen LogP) is 3.58. The van der Waals surface area contributed by atoms with Crippen LogP contribution in [0.2, 0.25) is 0 Å². The third kappa shape index (κ3) is 6.86. The second kappa shape index (κ2) is 10.9. The van der Waals surface area contributed by atoms with E-state index in [-0.39, 0.29) is 24.0 Å². The number of aliphatic imine (C=N–C) groups is 1. The topological polar surface area (TPSA) is 67.1 Å². The van der Waals surface area contributed by atoms with E-state index in [1.165, 1.54) is 10.6 Å². The molecule has 0 saturated carbocycles. The molecule has 8 heteroatoms. The number of nitrogens with zero attached hydrogens (tertiary/aromatic N) is 4. The fraction of sp³-hybridized carbons (Fsp3) is 0.611. The number of hydrogen-bond acceptors (Lipinski definition) is 4. The van der Waals surface area contributed by atoms with E-state index in [0.29, 0.717) is 12.5 Å². The lowest BCUT2D eigenvalue weighted by atomic mass is 10.2. The Morgan fingerprint density at radius 3 is 2.54 bits per heavy atom. The van der Waals surface area contributed by atoms with Crippen LogP contribution in [0.1, 0.15) is 40.8 Å². The zero-order valence-electron chi connectivity index (χ0n) is 16.6. The molecule has 0 aliphatic carbocycles. The van der Waals surface area contributed by atoms with Crippen molar-refractivity contribution >= 4 is 41.3 Å². The number of halogens is 1. The highest BCUT2D eigenvalue weighted by Gasteiger charge is 2.09. The maximum atomic E-state index is 4.70. The van der Waals surface area contributed by atoms with Crippen LogP contribution in [0.15, 0.2) is 11.1 Å². The SMILES string of the molecule is CCNC(=NCc1sc(C)nc1C)NCC(C)Cn1nc(C)cc1C.I. The molecule has 6 nitrogen and oxygen atoms in total. The molecular formula is C18H31IN6S. The van der Waals surface area contributed by atoms with Crippen LogP contribution < -0.4 is 10.6 Å². The fourth-order valence-electron chi connectivity index (χ4n) is 2.70. The van der Waals surface area contributed by atoms with Gasteiger partial charge in [0.1, 0.15) is 0 Å². The molecule has 0 aromatic carbocycles. The van der Waals surface area contributed by atoms with Crippen molar-refractivity contribution in [3.63, 3.8) is 0 Å². The summed E-state index contributed by atoms with van der Waals surface area (Å²) in [5.41, 5.74) is 3.36. The van der Waals surface area contributed by atoms with E-state index in [1.54, 1.807) is 11.3 Å². The van der Waals surface area contributed by atoms with E-state index < -0.39 is 0 Å². The lowest BCUT2D eigenvalue weighted by Crippen LogP contribution is -2.40. The molecule has 146 valence electrons. The minimum Gasteiger partial charge on any atom is -0.357 e. The molecule has 1 unspecified atom stereocenters. The first kappa shape index (κ1) is 22.9. The van der Waals surface area contributed by atoms with E-state index >= 15 is 0 Å².